The van der Waals surface area contributed by atoms with Gasteiger partial charge in [0.2, 0.25) is 0 Å². The van der Waals surface area contributed by atoms with Crippen molar-refractivity contribution in [1.29, 1.82) is 0 Å². The molecule has 0 aliphatic heterocycles. The van der Waals surface area contributed by atoms with E-state index in [9.17, 15) is 0 Å². The number of benzene rings is 2. The van der Waals surface area contributed by atoms with Gasteiger partial charge in [0.25, 0.3) is 0 Å². The van der Waals surface area contributed by atoms with E-state index in [4.69, 9.17) is 15.2 Å². The molecule has 0 aliphatic rings. The van der Waals surface area contributed by atoms with E-state index in [-0.39, 0.29) is 6.04 Å². The van der Waals surface area contributed by atoms with Crippen molar-refractivity contribution in [3.05, 3.63) is 55.6 Å². The summed E-state index contributed by atoms with van der Waals surface area (Å²) < 4.78 is 12.7. The minimum Gasteiger partial charge on any atom is -0.495 e. The number of hydrogen-bond acceptors (Lipinski definition) is 3. The molecular formula is C15H15BrINO2. The summed E-state index contributed by atoms with van der Waals surface area (Å²) in [6.07, 6.45) is 0. The third-order valence-corrected chi connectivity index (χ3v) is 4.55. The highest BCUT2D eigenvalue weighted by atomic mass is 127. The van der Waals surface area contributed by atoms with Gasteiger partial charge in [0.15, 0.2) is 0 Å². The van der Waals surface area contributed by atoms with Gasteiger partial charge in [0.1, 0.15) is 16.0 Å². The van der Waals surface area contributed by atoms with Crippen LogP contribution < -0.4 is 15.2 Å². The third-order valence-electron chi connectivity index (χ3n) is 3.08. The fourth-order valence-electron chi connectivity index (χ4n) is 2.01. The molecule has 0 bridgehead atoms. The van der Waals surface area contributed by atoms with E-state index < -0.39 is 0 Å². The van der Waals surface area contributed by atoms with Crippen LogP contribution in [-0.2, 0) is 0 Å². The van der Waals surface area contributed by atoms with Crippen molar-refractivity contribution in [1.82, 2.24) is 0 Å². The van der Waals surface area contributed by atoms with Crippen LogP contribution in [-0.4, -0.2) is 14.2 Å². The SMILES string of the molecule is COc1ccc(C(N)c2ccc(I)cc2)c(OC)c1Br. The predicted molar refractivity (Wildman–Crippen MR) is 92.4 cm³/mol. The molecule has 0 radical (unpaired) electrons. The normalized spacial score (nSPS) is 12.1. The molecule has 3 nitrogen and oxygen atoms in total. The Balaban J connectivity index is 2.46. The van der Waals surface area contributed by atoms with Crippen LogP contribution in [0.5, 0.6) is 11.5 Å². The van der Waals surface area contributed by atoms with Gasteiger partial charge in [-0.1, -0.05) is 12.1 Å². The summed E-state index contributed by atoms with van der Waals surface area (Å²) in [6, 6.07) is 11.7. The number of nitrogens with two attached hydrogens (primary N) is 1. The number of rotatable bonds is 4. The molecule has 1 unspecified atom stereocenters. The van der Waals surface area contributed by atoms with Gasteiger partial charge in [-0.05, 0) is 68.3 Å². The zero-order valence-corrected chi connectivity index (χ0v) is 14.9. The van der Waals surface area contributed by atoms with Gasteiger partial charge >= 0.3 is 0 Å². The van der Waals surface area contributed by atoms with E-state index in [1.807, 2.05) is 36.4 Å². The van der Waals surface area contributed by atoms with Crippen LogP contribution >= 0.6 is 38.5 Å². The molecule has 2 rings (SSSR count). The van der Waals surface area contributed by atoms with Crippen LogP contribution in [0.2, 0.25) is 0 Å². The Hall–Kier alpha value is -0.790. The molecule has 0 saturated carbocycles. The Bertz CT molecular complexity index is 602. The first-order valence-electron chi connectivity index (χ1n) is 6.00. The summed E-state index contributed by atoms with van der Waals surface area (Å²) in [5.41, 5.74) is 8.32. The van der Waals surface area contributed by atoms with E-state index in [0.29, 0.717) is 5.75 Å². The first-order valence-corrected chi connectivity index (χ1v) is 7.87. The number of methoxy groups -OCH3 is 2. The fourth-order valence-corrected chi connectivity index (χ4v) is 3.06. The lowest BCUT2D eigenvalue weighted by Gasteiger charge is -2.18. The van der Waals surface area contributed by atoms with Crippen molar-refractivity contribution in [3.8, 4) is 11.5 Å². The fraction of sp³-hybridized carbons (Fsp3) is 0.200. The summed E-state index contributed by atoms with van der Waals surface area (Å²) in [7, 11) is 3.25. The molecule has 0 fully saturated rings. The molecule has 20 heavy (non-hydrogen) atoms. The maximum absolute atomic E-state index is 6.36. The summed E-state index contributed by atoms with van der Waals surface area (Å²) in [4.78, 5) is 0. The number of hydrogen-bond donors (Lipinski definition) is 1. The number of halogens is 2. The second-order valence-electron chi connectivity index (χ2n) is 4.23. The second-order valence-corrected chi connectivity index (χ2v) is 6.27. The zero-order valence-electron chi connectivity index (χ0n) is 11.2. The molecule has 0 saturated heterocycles. The summed E-state index contributed by atoms with van der Waals surface area (Å²) in [6.45, 7) is 0. The zero-order chi connectivity index (χ0) is 14.7. The van der Waals surface area contributed by atoms with Crippen LogP contribution in [0.3, 0.4) is 0 Å². The van der Waals surface area contributed by atoms with Gasteiger partial charge in [-0.2, -0.15) is 0 Å². The highest BCUT2D eigenvalue weighted by molar-refractivity contribution is 14.1. The lowest BCUT2D eigenvalue weighted by molar-refractivity contribution is 0.385. The molecule has 1 atom stereocenters. The Kier molecular flexibility index (Phi) is 5.29. The smallest absolute Gasteiger partial charge is 0.141 e. The highest BCUT2D eigenvalue weighted by Gasteiger charge is 2.18. The molecule has 2 N–H and O–H groups in total. The molecule has 0 spiro atoms. The van der Waals surface area contributed by atoms with Crippen molar-refractivity contribution in [2.75, 3.05) is 14.2 Å². The summed E-state index contributed by atoms with van der Waals surface area (Å²) in [5, 5.41) is 0. The molecule has 2 aromatic carbocycles. The van der Waals surface area contributed by atoms with Crippen molar-refractivity contribution in [2.45, 2.75) is 6.04 Å². The van der Waals surface area contributed by atoms with E-state index in [1.54, 1.807) is 14.2 Å². The summed E-state index contributed by atoms with van der Waals surface area (Å²) in [5.74, 6) is 1.43. The van der Waals surface area contributed by atoms with Crippen LogP contribution in [0, 0.1) is 3.57 Å². The van der Waals surface area contributed by atoms with Crippen LogP contribution in [0.15, 0.2) is 40.9 Å². The van der Waals surface area contributed by atoms with Crippen LogP contribution in [0.1, 0.15) is 17.2 Å². The third kappa shape index (κ3) is 3.10. The largest absolute Gasteiger partial charge is 0.495 e. The van der Waals surface area contributed by atoms with Crippen molar-refractivity contribution in [3.63, 3.8) is 0 Å². The summed E-state index contributed by atoms with van der Waals surface area (Å²) >= 11 is 5.77. The van der Waals surface area contributed by atoms with Crippen LogP contribution in [0.25, 0.3) is 0 Å². The van der Waals surface area contributed by atoms with Crippen molar-refractivity contribution >= 4 is 38.5 Å². The van der Waals surface area contributed by atoms with E-state index in [0.717, 1.165) is 21.3 Å². The topological polar surface area (TPSA) is 44.5 Å². The molecule has 0 aromatic heterocycles. The van der Waals surface area contributed by atoms with Gasteiger partial charge < -0.3 is 15.2 Å². The van der Waals surface area contributed by atoms with Gasteiger partial charge in [0, 0.05) is 9.13 Å². The molecular weight excluding hydrogens is 433 g/mol. The van der Waals surface area contributed by atoms with Crippen LogP contribution in [0.4, 0.5) is 0 Å². The average molecular weight is 448 g/mol. The van der Waals surface area contributed by atoms with E-state index in [1.165, 1.54) is 3.57 Å². The van der Waals surface area contributed by atoms with E-state index in [2.05, 4.69) is 38.5 Å². The molecule has 0 aliphatic carbocycles. The van der Waals surface area contributed by atoms with Gasteiger partial charge in [-0.25, -0.2) is 0 Å². The first kappa shape index (κ1) is 15.6. The quantitative estimate of drug-likeness (QED) is 0.717. The Morgan fingerprint density at radius 3 is 2.25 bits per heavy atom. The lowest BCUT2D eigenvalue weighted by Crippen LogP contribution is -2.13. The first-order chi connectivity index (χ1) is 9.58. The molecule has 0 heterocycles. The predicted octanol–water partition coefficient (Wildman–Crippen LogP) is 4.12. The molecule has 106 valence electrons. The molecule has 5 heteroatoms. The monoisotopic (exact) mass is 447 g/mol. The Labute approximate surface area is 140 Å². The minimum absolute atomic E-state index is 0.246. The minimum atomic E-state index is -0.246. The average Bonchev–Trinajstić information content (AvgIpc) is 2.47. The van der Waals surface area contributed by atoms with Crippen molar-refractivity contribution in [2.24, 2.45) is 5.73 Å². The molecule has 2 aromatic rings. The maximum atomic E-state index is 6.36. The van der Waals surface area contributed by atoms with Gasteiger partial charge in [-0.15, -0.1) is 0 Å². The van der Waals surface area contributed by atoms with Gasteiger partial charge in [-0.3, -0.25) is 0 Å². The van der Waals surface area contributed by atoms with Gasteiger partial charge in [0.05, 0.1) is 20.3 Å². The molecule has 0 amide bonds. The highest BCUT2D eigenvalue weighted by Crippen LogP contribution is 2.40. The second kappa shape index (κ2) is 6.78. The number of ether oxygens (including phenoxy) is 2. The van der Waals surface area contributed by atoms with Crippen molar-refractivity contribution < 1.29 is 9.47 Å². The Morgan fingerprint density at radius 1 is 1.05 bits per heavy atom. The Morgan fingerprint density at radius 2 is 1.70 bits per heavy atom. The maximum Gasteiger partial charge on any atom is 0.141 e. The standard InChI is InChI=1S/C15H15BrINO2/c1-19-12-8-7-11(15(20-2)13(12)16)14(18)9-3-5-10(17)6-4-9/h3-8,14H,18H2,1-2H3. The lowest BCUT2D eigenvalue weighted by atomic mass is 9.98. The van der Waals surface area contributed by atoms with E-state index >= 15 is 0 Å².